The summed E-state index contributed by atoms with van der Waals surface area (Å²) in [6.07, 6.45) is 0.405. The lowest BCUT2D eigenvalue weighted by atomic mass is 10.1. The maximum absolute atomic E-state index is 11.9. The number of nitrogens with one attached hydrogen (secondary N) is 2. The minimum Gasteiger partial charge on any atom is -0.480 e. The molecule has 23 heavy (non-hydrogen) atoms. The highest BCUT2D eigenvalue weighted by Crippen LogP contribution is 2.00. The molecule has 3 unspecified atom stereocenters. The SMILES string of the molecule is CC(N)C(=O)NC(CO)C(=O)NC(CCCN=C(N)N)C(=O)O. The first-order chi connectivity index (χ1) is 10.7. The number of guanidine groups is 1. The van der Waals surface area contributed by atoms with Crippen molar-refractivity contribution in [1.29, 1.82) is 0 Å². The molecule has 0 bridgehead atoms. The lowest BCUT2D eigenvalue weighted by molar-refractivity contribution is -0.142. The molecule has 0 aliphatic rings. The van der Waals surface area contributed by atoms with E-state index in [2.05, 4.69) is 15.6 Å². The van der Waals surface area contributed by atoms with E-state index < -0.39 is 42.5 Å². The van der Waals surface area contributed by atoms with Gasteiger partial charge in [-0.25, -0.2) is 4.79 Å². The number of rotatable bonds is 10. The largest absolute Gasteiger partial charge is 0.480 e. The van der Waals surface area contributed by atoms with Crippen molar-refractivity contribution in [1.82, 2.24) is 10.6 Å². The van der Waals surface area contributed by atoms with E-state index in [-0.39, 0.29) is 18.9 Å². The molecule has 0 aromatic heterocycles. The number of amides is 2. The fraction of sp³-hybridized carbons (Fsp3) is 0.667. The van der Waals surface area contributed by atoms with Gasteiger partial charge in [-0.15, -0.1) is 0 Å². The van der Waals surface area contributed by atoms with Crippen LogP contribution >= 0.6 is 0 Å². The zero-order chi connectivity index (χ0) is 18.0. The number of nitrogens with two attached hydrogens (primary N) is 3. The van der Waals surface area contributed by atoms with E-state index in [4.69, 9.17) is 27.4 Å². The van der Waals surface area contributed by atoms with Crippen molar-refractivity contribution < 1.29 is 24.6 Å². The van der Waals surface area contributed by atoms with E-state index in [1.165, 1.54) is 6.92 Å². The van der Waals surface area contributed by atoms with E-state index >= 15 is 0 Å². The van der Waals surface area contributed by atoms with Gasteiger partial charge in [0.05, 0.1) is 12.6 Å². The highest BCUT2D eigenvalue weighted by Gasteiger charge is 2.26. The van der Waals surface area contributed by atoms with Crippen LogP contribution in [-0.2, 0) is 14.4 Å². The Labute approximate surface area is 133 Å². The van der Waals surface area contributed by atoms with Gasteiger partial charge in [0.25, 0.3) is 0 Å². The van der Waals surface area contributed by atoms with Gasteiger partial charge in [-0.1, -0.05) is 0 Å². The average molecular weight is 332 g/mol. The third-order valence-corrected chi connectivity index (χ3v) is 2.79. The molecular formula is C12H24N6O5. The predicted octanol–water partition coefficient (Wildman–Crippen LogP) is -3.57. The Kier molecular flexibility index (Phi) is 9.27. The summed E-state index contributed by atoms with van der Waals surface area (Å²) >= 11 is 0. The quantitative estimate of drug-likeness (QED) is 0.121. The lowest BCUT2D eigenvalue weighted by Crippen LogP contribution is -2.55. The third kappa shape index (κ3) is 8.58. The molecule has 0 radical (unpaired) electrons. The second-order valence-electron chi connectivity index (χ2n) is 4.88. The van der Waals surface area contributed by atoms with Crippen LogP contribution < -0.4 is 27.8 Å². The lowest BCUT2D eigenvalue weighted by Gasteiger charge is -2.20. The molecule has 132 valence electrons. The van der Waals surface area contributed by atoms with Gasteiger partial charge >= 0.3 is 5.97 Å². The van der Waals surface area contributed by atoms with Gasteiger partial charge in [-0.3, -0.25) is 14.6 Å². The number of hydrogen-bond donors (Lipinski definition) is 7. The Bertz CT molecular complexity index is 449. The molecule has 0 rings (SSSR count). The molecule has 3 atom stereocenters. The van der Waals surface area contributed by atoms with Crippen LogP contribution in [0.5, 0.6) is 0 Å². The molecule has 0 saturated carbocycles. The first-order valence-corrected chi connectivity index (χ1v) is 6.94. The number of aliphatic hydroxyl groups is 1. The number of carbonyl (C=O) groups excluding carboxylic acids is 2. The van der Waals surface area contributed by atoms with E-state index in [1.54, 1.807) is 0 Å². The van der Waals surface area contributed by atoms with Crippen molar-refractivity contribution in [2.24, 2.45) is 22.2 Å². The number of carboxylic acid groups (broad SMARTS) is 1. The van der Waals surface area contributed by atoms with E-state index in [1.807, 2.05) is 0 Å². The van der Waals surface area contributed by atoms with Crippen LogP contribution in [0.4, 0.5) is 0 Å². The van der Waals surface area contributed by atoms with Crippen LogP contribution in [0.15, 0.2) is 4.99 Å². The van der Waals surface area contributed by atoms with Crippen LogP contribution in [-0.4, -0.2) is 65.2 Å². The maximum Gasteiger partial charge on any atom is 0.326 e. The number of aliphatic carboxylic acids is 1. The molecule has 11 heteroatoms. The van der Waals surface area contributed by atoms with Gasteiger partial charge in [-0.2, -0.15) is 0 Å². The minimum absolute atomic E-state index is 0.0806. The van der Waals surface area contributed by atoms with Gasteiger partial charge in [0.1, 0.15) is 12.1 Å². The summed E-state index contributed by atoms with van der Waals surface area (Å²) in [6.45, 7) is 0.933. The Morgan fingerprint density at radius 2 is 1.70 bits per heavy atom. The predicted molar refractivity (Wildman–Crippen MR) is 82.1 cm³/mol. The Hall–Kier alpha value is -2.40. The standard InChI is InChI=1S/C12H24N6O5/c1-6(13)9(20)18-8(5-19)10(21)17-7(11(22)23)3-2-4-16-12(14)15/h6-8,19H,2-5,13H2,1H3,(H,17,21)(H,18,20)(H,22,23)(H4,14,15,16). The Morgan fingerprint density at radius 1 is 1.13 bits per heavy atom. The van der Waals surface area contributed by atoms with Crippen LogP contribution in [0.3, 0.4) is 0 Å². The first-order valence-electron chi connectivity index (χ1n) is 6.94. The topological polar surface area (TPSA) is 206 Å². The molecule has 0 saturated heterocycles. The van der Waals surface area contributed by atoms with Crippen LogP contribution in [0, 0.1) is 0 Å². The Balaban J connectivity index is 4.60. The number of carboxylic acids is 1. The monoisotopic (exact) mass is 332 g/mol. The van der Waals surface area contributed by atoms with Crippen molar-refractivity contribution in [2.45, 2.75) is 37.9 Å². The zero-order valence-corrected chi connectivity index (χ0v) is 12.9. The molecule has 2 amide bonds. The first kappa shape index (κ1) is 20.6. The summed E-state index contributed by atoms with van der Waals surface area (Å²) in [7, 11) is 0. The van der Waals surface area contributed by atoms with E-state index in [0.717, 1.165) is 0 Å². The van der Waals surface area contributed by atoms with Crippen LogP contribution in [0.2, 0.25) is 0 Å². The van der Waals surface area contributed by atoms with Gasteiger partial charge in [-0.05, 0) is 19.8 Å². The number of hydrogen-bond acceptors (Lipinski definition) is 6. The number of aliphatic imine (C=N–C) groups is 1. The van der Waals surface area contributed by atoms with Crippen molar-refractivity contribution >= 4 is 23.7 Å². The minimum atomic E-state index is -1.28. The van der Waals surface area contributed by atoms with Gasteiger partial charge in [0, 0.05) is 6.54 Å². The summed E-state index contributed by atoms with van der Waals surface area (Å²) < 4.78 is 0. The summed E-state index contributed by atoms with van der Waals surface area (Å²) in [5.41, 5.74) is 15.6. The van der Waals surface area contributed by atoms with E-state index in [9.17, 15) is 14.4 Å². The number of aliphatic hydroxyl groups excluding tert-OH is 1. The molecule has 0 fully saturated rings. The van der Waals surface area contributed by atoms with Crippen molar-refractivity contribution in [3.63, 3.8) is 0 Å². The maximum atomic E-state index is 11.9. The molecule has 0 aromatic carbocycles. The van der Waals surface area contributed by atoms with Gasteiger partial charge in [0.2, 0.25) is 11.8 Å². The molecule has 10 N–H and O–H groups in total. The summed E-state index contributed by atoms with van der Waals surface area (Å²) in [4.78, 5) is 38.2. The van der Waals surface area contributed by atoms with Crippen LogP contribution in [0.25, 0.3) is 0 Å². The molecule has 0 aliphatic heterocycles. The third-order valence-electron chi connectivity index (χ3n) is 2.79. The molecule has 0 heterocycles. The van der Waals surface area contributed by atoms with Crippen molar-refractivity contribution in [3.05, 3.63) is 0 Å². The highest BCUT2D eigenvalue weighted by atomic mass is 16.4. The van der Waals surface area contributed by atoms with Crippen molar-refractivity contribution in [2.75, 3.05) is 13.2 Å². The van der Waals surface area contributed by atoms with Crippen molar-refractivity contribution in [3.8, 4) is 0 Å². The van der Waals surface area contributed by atoms with Crippen LogP contribution in [0.1, 0.15) is 19.8 Å². The molecule has 0 aromatic rings. The molecule has 11 nitrogen and oxygen atoms in total. The van der Waals surface area contributed by atoms with Gasteiger partial charge < -0.3 is 38.0 Å². The summed E-state index contributed by atoms with van der Waals surface area (Å²) in [5, 5.41) is 22.7. The second kappa shape index (κ2) is 10.3. The number of carbonyl (C=O) groups is 3. The number of nitrogens with zero attached hydrogens (tertiary/aromatic N) is 1. The molecular weight excluding hydrogens is 308 g/mol. The zero-order valence-electron chi connectivity index (χ0n) is 12.9. The summed E-state index contributed by atoms with van der Waals surface area (Å²) in [5.74, 6) is -2.83. The van der Waals surface area contributed by atoms with Gasteiger partial charge in [0.15, 0.2) is 5.96 Å². The van der Waals surface area contributed by atoms with E-state index in [0.29, 0.717) is 6.42 Å². The molecule has 0 spiro atoms. The normalized spacial score (nSPS) is 14.2. The Morgan fingerprint density at radius 3 is 2.13 bits per heavy atom. The fourth-order valence-corrected chi connectivity index (χ4v) is 1.53. The fourth-order valence-electron chi connectivity index (χ4n) is 1.53. The second-order valence-corrected chi connectivity index (χ2v) is 4.88. The summed E-state index contributed by atoms with van der Waals surface area (Å²) in [6, 6.07) is -3.35. The highest BCUT2D eigenvalue weighted by molar-refractivity contribution is 5.91. The molecule has 0 aliphatic carbocycles. The average Bonchev–Trinajstić information content (AvgIpc) is 2.46. The smallest absolute Gasteiger partial charge is 0.326 e.